The molecule has 0 spiro atoms. The quantitative estimate of drug-likeness (QED) is 0.182. The van der Waals surface area contributed by atoms with Crippen LogP contribution in [0.25, 0.3) is 92.7 Å². The maximum absolute atomic E-state index is 9.86. The van der Waals surface area contributed by atoms with Gasteiger partial charge in [0.1, 0.15) is 0 Å². The number of hydrogen-bond acceptors (Lipinski definition) is 4. The van der Waals surface area contributed by atoms with Crippen LogP contribution in [0.2, 0.25) is 0 Å². The molecule has 0 atom stereocenters. The van der Waals surface area contributed by atoms with E-state index in [2.05, 4.69) is 150 Å². The van der Waals surface area contributed by atoms with Gasteiger partial charge in [-0.15, -0.1) is 11.3 Å². The number of benzene rings is 7. The van der Waals surface area contributed by atoms with Gasteiger partial charge in [-0.3, -0.25) is 0 Å². The summed E-state index contributed by atoms with van der Waals surface area (Å²) < 4.78 is 4.63. The highest BCUT2D eigenvalue weighted by Gasteiger charge is 2.24. The third kappa shape index (κ3) is 4.81. The summed E-state index contributed by atoms with van der Waals surface area (Å²) in [6.07, 6.45) is 0. The van der Waals surface area contributed by atoms with E-state index in [1.54, 1.807) is 11.3 Å². The van der Waals surface area contributed by atoms with Crippen molar-refractivity contribution in [1.82, 2.24) is 14.5 Å². The van der Waals surface area contributed by atoms with E-state index >= 15 is 0 Å². The minimum Gasteiger partial charge on any atom is -0.308 e. The lowest BCUT2D eigenvalue weighted by molar-refractivity contribution is 1.18. The van der Waals surface area contributed by atoms with Crippen molar-refractivity contribution in [2.24, 2.45) is 0 Å². The van der Waals surface area contributed by atoms with Crippen LogP contribution in [0.3, 0.4) is 0 Å². The molecule has 0 N–H and O–H groups in total. The Hall–Kier alpha value is -6.87. The molecular weight excluding hydrogens is 653 g/mol. The maximum atomic E-state index is 9.86. The van der Waals surface area contributed by atoms with Crippen LogP contribution >= 0.6 is 11.3 Å². The zero-order chi connectivity index (χ0) is 34.6. The molecule has 0 fully saturated rings. The second kappa shape index (κ2) is 12.2. The van der Waals surface area contributed by atoms with Gasteiger partial charge in [0.2, 0.25) is 0 Å². The van der Waals surface area contributed by atoms with E-state index in [4.69, 9.17) is 9.97 Å². The third-order valence-electron chi connectivity index (χ3n) is 9.83. The predicted molar refractivity (Wildman–Crippen MR) is 216 cm³/mol. The summed E-state index contributed by atoms with van der Waals surface area (Å²) in [5.74, 6) is 0.703. The van der Waals surface area contributed by atoms with Crippen LogP contribution in [0, 0.1) is 11.3 Å². The minimum atomic E-state index is 0.641. The van der Waals surface area contributed by atoms with Gasteiger partial charge >= 0.3 is 0 Å². The topological polar surface area (TPSA) is 54.5 Å². The normalized spacial score (nSPS) is 11.4. The Morgan fingerprint density at radius 1 is 0.500 bits per heavy atom. The van der Waals surface area contributed by atoms with Crippen LogP contribution in [0.15, 0.2) is 170 Å². The van der Waals surface area contributed by atoms with Crippen molar-refractivity contribution in [3.63, 3.8) is 0 Å². The number of nitrogens with zero attached hydrogens (tertiary/aromatic N) is 4. The van der Waals surface area contributed by atoms with Gasteiger partial charge in [-0.2, -0.15) is 5.26 Å². The van der Waals surface area contributed by atoms with Crippen molar-refractivity contribution in [3.8, 4) is 56.7 Å². The molecule has 3 aromatic heterocycles. The fourth-order valence-electron chi connectivity index (χ4n) is 7.47. The molecule has 242 valence electrons. The maximum Gasteiger partial charge on any atom is 0.160 e. The molecule has 0 aliphatic carbocycles. The fourth-order valence-corrected chi connectivity index (χ4v) is 8.63. The number of para-hydroxylation sites is 1. The van der Waals surface area contributed by atoms with Gasteiger partial charge in [0, 0.05) is 43.1 Å². The summed E-state index contributed by atoms with van der Waals surface area (Å²) in [6.45, 7) is 0. The molecule has 7 aromatic carbocycles. The first kappa shape index (κ1) is 30.0. The van der Waals surface area contributed by atoms with Crippen LogP contribution in [0.4, 0.5) is 0 Å². The molecule has 0 unspecified atom stereocenters. The number of thiophene rings is 1. The second-order valence-corrected chi connectivity index (χ2v) is 13.9. The first-order valence-electron chi connectivity index (χ1n) is 17.2. The van der Waals surface area contributed by atoms with Gasteiger partial charge in [-0.1, -0.05) is 127 Å². The Morgan fingerprint density at radius 2 is 1.08 bits per heavy atom. The Labute approximate surface area is 304 Å². The first-order chi connectivity index (χ1) is 25.7. The van der Waals surface area contributed by atoms with E-state index in [0.717, 1.165) is 82.2 Å². The van der Waals surface area contributed by atoms with Gasteiger partial charge in [-0.25, -0.2) is 9.97 Å². The predicted octanol–water partition coefficient (Wildman–Crippen LogP) is 12.5. The van der Waals surface area contributed by atoms with Crippen LogP contribution in [0.1, 0.15) is 5.56 Å². The van der Waals surface area contributed by atoms with Crippen LogP contribution in [-0.2, 0) is 0 Å². The van der Waals surface area contributed by atoms with Gasteiger partial charge in [0.15, 0.2) is 5.82 Å². The Kier molecular flexibility index (Phi) is 7.02. The minimum absolute atomic E-state index is 0.641. The summed E-state index contributed by atoms with van der Waals surface area (Å²) >= 11 is 1.74. The number of rotatable bonds is 5. The zero-order valence-electron chi connectivity index (χ0n) is 27.9. The highest BCUT2D eigenvalue weighted by atomic mass is 32.1. The fraction of sp³-hybridized carbons (Fsp3) is 0. The smallest absolute Gasteiger partial charge is 0.160 e. The summed E-state index contributed by atoms with van der Waals surface area (Å²) in [4.78, 5) is 10.6. The van der Waals surface area contributed by atoms with Crippen molar-refractivity contribution < 1.29 is 0 Å². The molecule has 0 aliphatic rings. The molecule has 0 amide bonds. The van der Waals surface area contributed by atoms with Crippen molar-refractivity contribution in [2.45, 2.75) is 0 Å². The molecular formula is C47H28N4S. The largest absolute Gasteiger partial charge is 0.308 e. The van der Waals surface area contributed by atoms with Crippen molar-refractivity contribution in [2.75, 3.05) is 0 Å². The van der Waals surface area contributed by atoms with Gasteiger partial charge < -0.3 is 4.57 Å². The standard InChI is InChI=1S/C47H28N4S/c48-29-30-24-25-41-39(26-30)35-20-10-12-22-40(35)51(41)45-37(31-14-4-1-5-15-31)27-34(28-38(45)32-16-6-2-7-17-32)43-46-44(36-21-11-13-23-42(36)52-46)50-47(49-43)33-18-8-3-9-19-33/h1-28H. The number of aromatic nitrogens is 3. The lowest BCUT2D eigenvalue weighted by atomic mass is 9.91. The van der Waals surface area contributed by atoms with Crippen LogP contribution in [-0.4, -0.2) is 14.5 Å². The summed E-state index contributed by atoms with van der Waals surface area (Å²) in [6, 6.07) is 61.5. The number of nitriles is 1. The van der Waals surface area contributed by atoms with Gasteiger partial charge in [0.05, 0.1) is 44.3 Å². The van der Waals surface area contributed by atoms with E-state index in [9.17, 15) is 5.26 Å². The van der Waals surface area contributed by atoms with E-state index in [1.165, 1.54) is 4.70 Å². The van der Waals surface area contributed by atoms with Crippen molar-refractivity contribution >= 4 is 53.4 Å². The van der Waals surface area contributed by atoms with E-state index < -0.39 is 0 Å². The summed E-state index contributed by atoms with van der Waals surface area (Å²) in [5, 5.41) is 13.1. The molecule has 4 nitrogen and oxygen atoms in total. The molecule has 10 aromatic rings. The Balaban J connectivity index is 1.37. The molecule has 0 bridgehead atoms. The highest BCUT2D eigenvalue weighted by Crippen LogP contribution is 2.46. The molecule has 0 radical (unpaired) electrons. The SMILES string of the molecule is N#Cc1ccc2c(c1)c1ccccc1n2-c1c(-c2ccccc2)cc(-c2nc(-c3ccccc3)nc3c2sc2ccccc23)cc1-c1ccccc1. The van der Waals surface area contributed by atoms with Gasteiger partial charge in [-0.05, 0) is 53.6 Å². The molecule has 0 saturated carbocycles. The van der Waals surface area contributed by atoms with Crippen molar-refractivity contribution in [3.05, 3.63) is 175 Å². The Bertz CT molecular complexity index is 2950. The molecule has 5 heteroatoms. The molecule has 10 rings (SSSR count). The van der Waals surface area contributed by atoms with E-state index in [0.29, 0.717) is 11.4 Å². The summed E-state index contributed by atoms with van der Waals surface area (Å²) in [5.41, 5.74) is 12.1. The molecule has 0 aliphatic heterocycles. The highest BCUT2D eigenvalue weighted by molar-refractivity contribution is 7.26. The zero-order valence-corrected chi connectivity index (χ0v) is 28.7. The van der Waals surface area contributed by atoms with Crippen molar-refractivity contribution in [1.29, 1.82) is 5.26 Å². The third-order valence-corrected chi connectivity index (χ3v) is 11.0. The van der Waals surface area contributed by atoms with E-state index in [1.807, 2.05) is 30.3 Å². The average Bonchev–Trinajstić information content (AvgIpc) is 3.76. The van der Waals surface area contributed by atoms with Crippen LogP contribution in [0.5, 0.6) is 0 Å². The summed E-state index contributed by atoms with van der Waals surface area (Å²) in [7, 11) is 0. The van der Waals surface area contributed by atoms with Gasteiger partial charge in [0.25, 0.3) is 0 Å². The second-order valence-electron chi connectivity index (χ2n) is 12.9. The number of hydrogen-bond donors (Lipinski definition) is 0. The number of fused-ring (bicyclic) bond motifs is 6. The van der Waals surface area contributed by atoms with Crippen LogP contribution < -0.4 is 0 Å². The lowest BCUT2D eigenvalue weighted by Gasteiger charge is -2.21. The first-order valence-corrected chi connectivity index (χ1v) is 18.0. The average molecular weight is 681 g/mol. The van der Waals surface area contributed by atoms with E-state index in [-0.39, 0.29) is 0 Å². The molecule has 0 saturated heterocycles. The monoisotopic (exact) mass is 680 g/mol. The molecule has 52 heavy (non-hydrogen) atoms. The lowest BCUT2D eigenvalue weighted by Crippen LogP contribution is -2.02. The molecule has 3 heterocycles. The Morgan fingerprint density at radius 3 is 1.75 bits per heavy atom.